The smallest absolute Gasteiger partial charge is 0.331 e. The lowest BCUT2D eigenvalue weighted by atomic mass is 10.0. The molecule has 2 aromatic carbocycles. The van der Waals surface area contributed by atoms with Crippen LogP contribution in [-0.4, -0.2) is 46.2 Å². The highest BCUT2D eigenvalue weighted by Gasteiger charge is 2.44. The van der Waals surface area contributed by atoms with Crippen molar-refractivity contribution in [3.8, 4) is 11.5 Å². The van der Waals surface area contributed by atoms with Crippen molar-refractivity contribution in [3.05, 3.63) is 58.1 Å². The van der Waals surface area contributed by atoms with Crippen molar-refractivity contribution in [2.45, 2.75) is 13.5 Å². The Bertz CT molecular complexity index is 1250. The maximum Gasteiger partial charge on any atom is 0.331 e. The zero-order valence-corrected chi connectivity index (χ0v) is 19.4. The third-order valence-corrected chi connectivity index (χ3v) is 6.05. The van der Waals surface area contributed by atoms with E-state index in [0.717, 1.165) is 4.90 Å². The number of rotatable bonds is 6. The van der Waals surface area contributed by atoms with Gasteiger partial charge < -0.3 is 14.9 Å². The number of carbonyl (C=O) groups excluding carboxylic acids is 3. The summed E-state index contributed by atoms with van der Waals surface area (Å²) in [6.07, 6.45) is 0. The molecule has 1 unspecified atom stereocenters. The summed E-state index contributed by atoms with van der Waals surface area (Å²) in [5.74, 6) is -2.38. The number of esters is 1. The first-order valence-electron chi connectivity index (χ1n) is 10.2. The molecule has 0 aliphatic carbocycles. The Hall–Kier alpha value is -3.63. The van der Waals surface area contributed by atoms with Crippen LogP contribution in [0.15, 0.2) is 46.9 Å². The molecule has 0 spiro atoms. The highest BCUT2D eigenvalue weighted by molar-refractivity contribution is 6.42. The molecule has 2 N–H and O–H groups in total. The molecule has 1 atom stereocenters. The fourth-order valence-electron chi connectivity index (χ4n) is 3.52. The quantitative estimate of drug-likeness (QED) is 0.396. The number of amides is 3. The van der Waals surface area contributed by atoms with Crippen LogP contribution < -0.4 is 10.6 Å². The molecule has 2 heterocycles. The minimum atomic E-state index is -1.20. The zero-order valence-electron chi connectivity index (χ0n) is 17.9. The Balaban J connectivity index is 1.67. The van der Waals surface area contributed by atoms with Gasteiger partial charge >= 0.3 is 18.0 Å². The summed E-state index contributed by atoms with van der Waals surface area (Å²) < 4.78 is 10.3. The van der Waals surface area contributed by atoms with E-state index in [1.807, 2.05) is 0 Å². The predicted octanol–water partition coefficient (Wildman–Crippen LogP) is 3.77. The largest absolute Gasteiger partial charge is 0.465 e. The standard InChI is InChI=1S/C22H19Cl2N5O5/c1-2-33-20(31)15-11-28(14-8-6-12(7-9-14)18-26-27-21(25)34-18)22(32)29(19(15)30)10-13-4-3-5-16(23)17(13)24/h3-9,15H,2,10-11H2,1H3,(H2,25,27). The van der Waals surface area contributed by atoms with Gasteiger partial charge in [-0.3, -0.25) is 19.4 Å². The molecule has 1 aromatic heterocycles. The number of hydrogen-bond donors (Lipinski definition) is 1. The summed E-state index contributed by atoms with van der Waals surface area (Å²) in [7, 11) is 0. The van der Waals surface area contributed by atoms with Crippen LogP contribution in [0.5, 0.6) is 0 Å². The number of carbonyl (C=O) groups is 3. The van der Waals surface area contributed by atoms with Gasteiger partial charge in [-0.25, -0.2) is 4.79 Å². The second-order valence-electron chi connectivity index (χ2n) is 7.33. The molecule has 1 fully saturated rings. The van der Waals surface area contributed by atoms with Crippen LogP contribution in [0, 0.1) is 5.92 Å². The van der Waals surface area contributed by atoms with E-state index in [0.29, 0.717) is 16.8 Å². The second kappa shape index (κ2) is 9.70. The Morgan fingerprint density at radius 1 is 1.18 bits per heavy atom. The van der Waals surface area contributed by atoms with E-state index in [9.17, 15) is 14.4 Å². The molecule has 0 saturated carbocycles. The van der Waals surface area contributed by atoms with E-state index < -0.39 is 23.8 Å². The molecule has 176 valence electrons. The number of nitrogens with zero attached hydrogens (tertiary/aromatic N) is 4. The van der Waals surface area contributed by atoms with Crippen molar-refractivity contribution >= 4 is 52.8 Å². The Morgan fingerprint density at radius 3 is 2.56 bits per heavy atom. The van der Waals surface area contributed by atoms with Crippen LogP contribution in [0.25, 0.3) is 11.5 Å². The van der Waals surface area contributed by atoms with E-state index in [1.165, 1.54) is 4.90 Å². The number of aromatic nitrogens is 2. The third-order valence-electron chi connectivity index (χ3n) is 5.19. The van der Waals surface area contributed by atoms with Crippen LogP contribution in [-0.2, 0) is 20.9 Å². The summed E-state index contributed by atoms with van der Waals surface area (Å²) >= 11 is 12.4. The van der Waals surface area contributed by atoms with E-state index in [-0.39, 0.29) is 41.6 Å². The molecule has 1 saturated heterocycles. The topological polar surface area (TPSA) is 132 Å². The molecule has 34 heavy (non-hydrogen) atoms. The molecule has 0 radical (unpaired) electrons. The van der Waals surface area contributed by atoms with Crippen LogP contribution in [0.3, 0.4) is 0 Å². The van der Waals surface area contributed by atoms with Gasteiger partial charge in [0.1, 0.15) is 0 Å². The lowest BCUT2D eigenvalue weighted by molar-refractivity contribution is -0.154. The van der Waals surface area contributed by atoms with Crippen molar-refractivity contribution in [2.24, 2.45) is 5.92 Å². The minimum absolute atomic E-state index is 0.0728. The summed E-state index contributed by atoms with van der Waals surface area (Å²) in [4.78, 5) is 41.4. The van der Waals surface area contributed by atoms with Crippen LogP contribution in [0.4, 0.5) is 16.5 Å². The lowest BCUT2D eigenvalue weighted by Crippen LogP contribution is -2.58. The van der Waals surface area contributed by atoms with Gasteiger partial charge in [-0.2, -0.15) is 0 Å². The third kappa shape index (κ3) is 4.55. The molecule has 1 aliphatic heterocycles. The predicted molar refractivity (Wildman–Crippen MR) is 124 cm³/mol. The molecule has 12 heteroatoms. The fraction of sp³-hybridized carbons (Fsp3) is 0.227. The first kappa shape index (κ1) is 23.5. The van der Waals surface area contributed by atoms with Crippen LogP contribution >= 0.6 is 23.2 Å². The minimum Gasteiger partial charge on any atom is -0.465 e. The monoisotopic (exact) mass is 503 g/mol. The molecular formula is C22H19Cl2N5O5. The number of nitrogen functional groups attached to an aromatic ring is 1. The van der Waals surface area contributed by atoms with Gasteiger partial charge in [0.25, 0.3) is 0 Å². The van der Waals surface area contributed by atoms with Crippen molar-refractivity contribution in [1.82, 2.24) is 15.1 Å². The lowest BCUT2D eigenvalue weighted by Gasteiger charge is -2.37. The Morgan fingerprint density at radius 2 is 1.91 bits per heavy atom. The maximum absolute atomic E-state index is 13.4. The number of anilines is 2. The number of hydrogen-bond acceptors (Lipinski definition) is 8. The molecule has 3 amide bonds. The summed E-state index contributed by atoms with van der Waals surface area (Å²) in [5, 5.41) is 7.94. The van der Waals surface area contributed by atoms with Crippen molar-refractivity contribution in [2.75, 3.05) is 23.8 Å². The SMILES string of the molecule is CCOC(=O)C1CN(c2ccc(-c3nnc(N)o3)cc2)C(=O)N(Cc2cccc(Cl)c2Cl)C1=O. The zero-order chi connectivity index (χ0) is 24.4. The van der Waals surface area contributed by atoms with Crippen molar-refractivity contribution in [1.29, 1.82) is 0 Å². The average Bonchev–Trinajstić information content (AvgIpc) is 3.26. The number of ether oxygens (including phenoxy) is 1. The number of halogens is 2. The number of imide groups is 1. The number of nitrogens with two attached hydrogens (primary N) is 1. The molecule has 3 aromatic rings. The molecular weight excluding hydrogens is 485 g/mol. The number of benzene rings is 2. The van der Waals surface area contributed by atoms with E-state index in [4.69, 9.17) is 38.1 Å². The molecule has 4 rings (SSSR count). The fourth-order valence-corrected chi connectivity index (χ4v) is 3.90. The Labute approximate surface area is 204 Å². The van der Waals surface area contributed by atoms with Gasteiger partial charge in [0.15, 0.2) is 5.92 Å². The normalized spacial score (nSPS) is 16.1. The first-order chi connectivity index (χ1) is 16.3. The van der Waals surface area contributed by atoms with Gasteiger partial charge in [0.05, 0.1) is 29.7 Å². The highest BCUT2D eigenvalue weighted by Crippen LogP contribution is 2.31. The van der Waals surface area contributed by atoms with Crippen molar-refractivity contribution in [3.63, 3.8) is 0 Å². The van der Waals surface area contributed by atoms with Gasteiger partial charge in [-0.05, 0) is 42.8 Å². The van der Waals surface area contributed by atoms with E-state index >= 15 is 0 Å². The average molecular weight is 504 g/mol. The Kier molecular flexibility index (Phi) is 6.71. The molecule has 1 aliphatic rings. The van der Waals surface area contributed by atoms with Crippen LogP contribution in [0.2, 0.25) is 10.0 Å². The van der Waals surface area contributed by atoms with Gasteiger partial charge in [0.2, 0.25) is 11.8 Å². The van der Waals surface area contributed by atoms with E-state index in [1.54, 1.807) is 49.4 Å². The summed E-state index contributed by atoms with van der Waals surface area (Å²) in [6.45, 7) is 1.39. The molecule has 0 bridgehead atoms. The summed E-state index contributed by atoms with van der Waals surface area (Å²) in [6, 6.07) is 10.8. The van der Waals surface area contributed by atoms with Gasteiger partial charge in [-0.15, -0.1) is 5.10 Å². The van der Waals surface area contributed by atoms with Gasteiger partial charge in [0, 0.05) is 11.3 Å². The van der Waals surface area contributed by atoms with E-state index in [2.05, 4.69) is 10.2 Å². The first-order valence-corrected chi connectivity index (χ1v) is 11.0. The highest BCUT2D eigenvalue weighted by atomic mass is 35.5. The molecule has 10 nitrogen and oxygen atoms in total. The maximum atomic E-state index is 13.4. The second-order valence-corrected chi connectivity index (χ2v) is 8.11. The van der Waals surface area contributed by atoms with Crippen molar-refractivity contribution < 1.29 is 23.5 Å². The van der Waals surface area contributed by atoms with Gasteiger partial charge in [-0.1, -0.05) is 40.4 Å². The number of urea groups is 1. The van der Waals surface area contributed by atoms with Crippen LogP contribution in [0.1, 0.15) is 12.5 Å². The summed E-state index contributed by atoms with van der Waals surface area (Å²) in [5.41, 5.74) is 6.96.